The monoisotopic (exact) mass is 442 g/mol. The first-order chi connectivity index (χ1) is 13.1. The van der Waals surface area contributed by atoms with E-state index in [1.807, 2.05) is 6.92 Å². The Morgan fingerprint density at radius 3 is 2.43 bits per heavy atom. The van der Waals surface area contributed by atoms with Crippen molar-refractivity contribution in [3.05, 3.63) is 58.1 Å². The van der Waals surface area contributed by atoms with Gasteiger partial charge in [0.1, 0.15) is 6.54 Å². The number of amides is 2. The number of benzene rings is 2. The third-order valence-corrected chi connectivity index (χ3v) is 5.55. The van der Waals surface area contributed by atoms with Crippen molar-refractivity contribution in [2.45, 2.75) is 18.2 Å². The molecule has 6 nitrogen and oxygen atoms in total. The highest BCUT2D eigenvalue weighted by Crippen LogP contribution is 2.25. The maximum Gasteiger partial charge on any atom is 0.255 e. The van der Waals surface area contributed by atoms with Gasteiger partial charge >= 0.3 is 0 Å². The highest BCUT2D eigenvalue weighted by atomic mass is 35.5. The van der Waals surface area contributed by atoms with Crippen molar-refractivity contribution < 1.29 is 18.0 Å². The second-order valence-electron chi connectivity index (χ2n) is 6.17. The van der Waals surface area contributed by atoms with Crippen molar-refractivity contribution in [3.8, 4) is 0 Å². The Labute approximate surface area is 174 Å². The molecule has 0 atom stereocenters. The van der Waals surface area contributed by atoms with Crippen molar-refractivity contribution in [3.63, 3.8) is 0 Å². The molecule has 0 radical (unpaired) electrons. The third kappa shape index (κ3) is 5.70. The second-order valence-corrected chi connectivity index (χ2v) is 9.00. The number of rotatable bonds is 7. The number of hydrogen-bond acceptors (Lipinski definition) is 4. The maximum atomic E-state index is 12.9. The number of halogens is 2. The van der Waals surface area contributed by atoms with E-state index in [1.54, 1.807) is 24.3 Å². The van der Waals surface area contributed by atoms with Gasteiger partial charge in [-0.05, 0) is 36.8 Å². The Morgan fingerprint density at radius 2 is 1.79 bits per heavy atom. The number of carbonyl (C=O) groups is 2. The van der Waals surface area contributed by atoms with Gasteiger partial charge in [-0.25, -0.2) is 8.42 Å². The van der Waals surface area contributed by atoms with Crippen LogP contribution in [0.4, 0.5) is 5.69 Å². The van der Waals surface area contributed by atoms with Gasteiger partial charge in [-0.15, -0.1) is 0 Å². The number of hydrogen-bond donors (Lipinski definition) is 1. The van der Waals surface area contributed by atoms with Gasteiger partial charge in [-0.1, -0.05) is 42.3 Å². The summed E-state index contributed by atoms with van der Waals surface area (Å²) in [6.45, 7) is 1.88. The van der Waals surface area contributed by atoms with Crippen molar-refractivity contribution in [2.24, 2.45) is 0 Å². The fourth-order valence-electron chi connectivity index (χ4n) is 2.62. The Balaban J connectivity index is 2.25. The van der Waals surface area contributed by atoms with Crippen LogP contribution in [0.2, 0.25) is 10.0 Å². The SMILES string of the molecule is CCCN(CC(=O)Nc1cc(Cl)ccc1Cl)C(=O)c1ccccc1S(C)(=O)=O. The van der Waals surface area contributed by atoms with E-state index in [4.69, 9.17) is 23.2 Å². The highest BCUT2D eigenvalue weighted by Gasteiger charge is 2.24. The lowest BCUT2D eigenvalue weighted by atomic mass is 10.2. The molecule has 0 saturated carbocycles. The van der Waals surface area contributed by atoms with Crippen LogP contribution in [0.5, 0.6) is 0 Å². The molecule has 9 heteroatoms. The van der Waals surface area contributed by atoms with E-state index in [2.05, 4.69) is 5.32 Å². The molecule has 0 aliphatic rings. The van der Waals surface area contributed by atoms with Crippen LogP contribution < -0.4 is 5.32 Å². The van der Waals surface area contributed by atoms with Crippen molar-refractivity contribution >= 4 is 50.5 Å². The molecule has 2 aromatic rings. The Morgan fingerprint density at radius 1 is 1.11 bits per heavy atom. The summed E-state index contributed by atoms with van der Waals surface area (Å²) in [6, 6.07) is 10.6. The molecule has 0 bridgehead atoms. The number of nitrogens with one attached hydrogen (secondary N) is 1. The van der Waals surface area contributed by atoms with E-state index in [9.17, 15) is 18.0 Å². The quantitative estimate of drug-likeness (QED) is 0.704. The van der Waals surface area contributed by atoms with Gasteiger partial charge in [0.25, 0.3) is 5.91 Å². The summed E-state index contributed by atoms with van der Waals surface area (Å²) in [7, 11) is -3.59. The average molecular weight is 443 g/mol. The molecule has 150 valence electrons. The van der Waals surface area contributed by atoms with Gasteiger partial charge < -0.3 is 10.2 Å². The fraction of sp³-hybridized carbons (Fsp3) is 0.263. The largest absolute Gasteiger partial charge is 0.329 e. The van der Waals surface area contributed by atoms with Crippen LogP contribution in [0.3, 0.4) is 0 Å². The Kier molecular flexibility index (Phi) is 7.46. The predicted octanol–water partition coefficient (Wildman–Crippen LogP) is 3.89. The van der Waals surface area contributed by atoms with E-state index in [0.717, 1.165) is 6.26 Å². The molecule has 0 aliphatic heterocycles. The predicted molar refractivity (Wildman–Crippen MR) is 111 cm³/mol. The first kappa shape index (κ1) is 22.2. The second kappa shape index (κ2) is 9.41. The smallest absolute Gasteiger partial charge is 0.255 e. The molecule has 28 heavy (non-hydrogen) atoms. The van der Waals surface area contributed by atoms with E-state index < -0.39 is 21.7 Å². The summed E-state index contributed by atoms with van der Waals surface area (Å²) in [5, 5.41) is 3.34. The average Bonchev–Trinajstić information content (AvgIpc) is 2.63. The van der Waals surface area contributed by atoms with Crippen LogP contribution in [0.25, 0.3) is 0 Å². The van der Waals surface area contributed by atoms with Gasteiger partial charge in [0.15, 0.2) is 9.84 Å². The zero-order valence-electron chi connectivity index (χ0n) is 15.4. The minimum Gasteiger partial charge on any atom is -0.329 e. The Bertz CT molecular complexity index is 993. The van der Waals surface area contributed by atoms with E-state index in [-0.39, 0.29) is 23.5 Å². The van der Waals surface area contributed by atoms with Crippen LogP contribution in [0.1, 0.15) is 23.7 Å². The summed E-state index contributed by atoms with van der Waals surface area (Å²) >= 11 is 12.0. The van der Waals surface area contributed by atoms with Gasteiger partial charge in [0.2, 0.25) is 5.91 Å². The summed E-state index contributed by atoms with van der Waals surface area (Å²) in [4.78, 5) is 26.6. The Hall–Kier alpha value is -2.09. The maximum absolute atomic E-state index is 12.9. The molecule has 0 spiro atoms. The molecular formula is C19H20Cl2N2O4S. The summed E-state index contributed by atoms with van der Waals surface area (Å²) in [6.07, 6.45) is 1.63. The van der Waals surface area contributed by atoms with Gasteiger partial charge in [-0.2, -0.15) is 0 Å². The van der Waals surface area contributed by atoms with Crippen LogP contribution in [0.15, 0.2) is 47.4 Å². The molecule has 0 fully saturated rings. The molecule has 2 aromatic carbocycles. The summed E-state index contributed by atoms with van der Waals surface area (Å²) < 4.78 is 24.0. The minimum absolute atomic E-state index is 0.0343. The summed E-state index contributed by atoms with van der Waals surface area (Å²) in [5.41, 5.74) is 0.367. The van der Waals surface area contributed by atoms with Crippen molar-refractivity contribution in [1.82, 2.24) is 4.90 Å². The molecular weight excluding hydrogens is 423 g/mol. The number of nitrogens with zero attached hydrogens (tertiary/aromatic N) is 1. The van der Waals surface area contributed by atoms with E-state index in [1.165, 1.54) is 23.1 Å². The normalized spacial score (nSPS) is 11.1. The fourth-order valence-corrected chi connectivity index (χ4v) is 3.83. The lowest BCUT2D eigenvalue weighted by Gasteiger charge is -2.23. The molecule has 0 unspecified atom stereocenters. The minimum atomic E-state index is -3.59. The van der Waals surface area contributed by atoms with Crippen LogP contribution in [-0.2, 0) is 14.6 Å². The molecule has 2 rings (SSSR count). The lowest BCUT2D eigenvalue weighted by Crippen LogP contribution is -2.39. The van der Waals surface area contributed by atoms with Crippen molar-refractivity contribution in [2.75, 3.05) is 24.7 Å². The van der Waals surface area contributed by atoms with Crippen LogP contribution in [-0.4, -0.2) is 44.5 Å². The number of sulfone groups is 1. The molecule has 0 aromatic heterocycles. The number of anilines is 1. The van der Waals surface area contributed by atoms with Crippen molar-refractivity contribution in [1.29, 1.82) is 0 Å². The standard InChI is InChI=1S/C19H20Cl2N2O4S/c1-3-10-23(12-18(24)22-16-11-13(20)8-9-15(16)21)19(25)14-6-4-5-7-17(14)28(2,26)27/h4-9,11H,3,10,12H2,1-2H3,(H,22,24). The molecule has 0 saturated heterocycles. The van der Waals surface area contributed by atoms with Gasteiger partial charge in [0, 0.05) is 17.8 Å². The molecule has 1 N–H and O–H groups in total. The molecule has 0 aliphatic carbocycles. The lowest BCUT2D eigenvalue weighted by molar-refractivity contribution is -0.116. The third-order valence-electron chi connectivity index (χ3n) is 3.83. The first-order valence-corrected chi connectivity index (χ1v) is 11.1. The first-order valence-electron chi connectivity index (χ1n) is 8.46. The zero-order valence-corrected chi connectivity index (χ0v) is 17.7. The highest BCUT2D eigenvalue weighted by molar-refractivity contribution is 7.90. The van der Waals surface area contributed by atoms with Gasteiger partial charge in [-0.3, -0.25) is 9.59 Å². The summed E-state index contributed by atoms with van der Waals surface area (Å²) in [5.74, 6) is -1.00. The molecule has 0 heterocycles. The van der Waals surface area contributed by atoms with Gasteiger partial charge in [0.05, 0.1) is 21.2 Å². The van der Waals surface area contributed by atoms with E-state index in [0.29, 0.717) is 22.2 Å². The topological polar surface area (TPSA) is 83.6 Å². The van der Waals surface area contributed by atoms with Crippen LogP contribution >= 0.6 is 23.2 Å². The van der Waals surface area contributed by atoms with Crippen LogP contribution in [0, 0.1) is 0 Å². The zero-order chi connectivity index (χ0) is 20.9. The number of carbonyl (C=O) groups excluding carboxylic acids is 2. The molecule has 2 amide bonds. The van der Waals surface area contributed by atoms with E-state index >= 15 is 0 Å².